The van der Waals surface area contributed by atoms with Gasteiger partial charge in [-0.25, -0.2) is 0 Å². The van der Waals surface area contributed by atoms with Crippen LogP contribution in [0.2, 0.25) is 0 Å². The fourth-order valence-corrected chi connectivity index (χ4v) is 4.77. The number of rotatable bonds is 3. The van der Waals surface area contributed by atoms with Crippen molar-refractivity contribution >= 4 is 5.91 Å². The normalized spacial score (nSPS) is 34.8. The maximum absolute atomic E-state index is 13.2. The van der Waals surface area contributed by atoms with Gasteiger partial charge >= 0.3 is 0 Å². The average molecular weight is 314 g/mol. The first-order valence-electron chi connectivity index (χ1n) is 8.91. The second kappa shape index (κ2) is 5.91. The van der Waals surface area contributed by atoms with Crippen LogP contribution in [-0.4, -0.2) is 61.1 Å². The number of likely N-dealkylation sites (tertiary alicyclic amines) is 2. The van der Waals surface area contributed by atoms with Gasteiger partial charge in [-0.05, 0) is 25.3 Å². The van der Waals surface area contributed by atoms with Gasteiger partial charge in [0.05, 0.1) is 12.0 Å². The highest BCUT2D eigenvalue weighted by Crippen LogP contribution is 2.50. The molecular formula is C19H26N2O2. The fraction of sp³-hybridized carbons (Fsp3) is 0.632. The van der Waals surface area contributed by atoms with E-state index in [0.29, 0.717) is 17.9 Å². The van der Waals surface area contributed by atoms with Crippen molar-refractivity contribution in [3.8, 4) is 0 Å². The Kier molecular flexibility index (Phi) is 3.90. The van der Waals surface area contributed by atoms with Crippen molar-refractivity contribution in [1.29, 1.82) is 0 Å². The molecule has 1 amide bonds. The molecule has 0 radical (unpaired) electrons. The molecule has 1 aromatic carbocycles. The van der Waals surface area contributed by atoms with Crippen molar-refractivity contribution in [2.75, 3.05) is 39.4 Å². The SMILES string of the molecule is CCN1CC[C@@]2(CN(C3CCOC3)C[C@@H]2c2ccccc2)C1=O. The molecule has 0 N–H and O–H groups in total. The molecule has 1 spiro atoms. The molecule has 1 unspecified atom stereocenters. The molecule has 3 atom stereocenters. The van der Waals surface area contributed by atoms with E-state index in [0.717, 1.165) is 52.2 Å². The predicted octanol–water partition coefficient (Wildman–Crippen LogP) is 2.11. The number of amides is 1. The van der Waals surface area contributed by atoms with Crippen molar-refractivity contribution in [2.24, 2.45) is 5.41 Å². The highest BCUT2D eigenvalue weighted by atomic mass is 16.5. The van der Waals surface area contributed by atoms with E-state index in [1.54, 1.807) is 0 Å². The van der Waals surface area contributed by atoms with Crippen LogP contribution < -0.4 is 0 Å². The average Bonchev–Trinajstić information content (AvgIpc) is 3.30. The second-order valence-corrected chi connectivity index (χ2v) is 7.20. The van der Waals surface area contributed by atoms with Gasteiger partial charge in [-0.15, -0.1) is 0 Å². The van der Waals surface area contributed by atoms with Gasteiger partial charge in [0.1, 0.15) is 0 Å². The summed E-state index contributed by atoms with van der Waals surface area (Å²) in [6, 6.07) is 11.1. The van der Waals surface area contributed by atoms with E-state index in [2.05, 4.69) is 42.2 Å². The zero-order chi connectivity index (χ0) is 15.9. The van der Waals surface area contributed by atoms with E-state index >= 15 is 0 Å². The zero-order valence-electron chi connectivity index (χ0n) is 13.9. The van der Waals surface area contributed by atoms with E-state index in [9.17, 15) is 4.79 Å². The lowest BCUT2D eigenvalue weighted by Crippen LogP contribution is -2.41. The molecule has 0 aliphatic carbocycles. The summed E-state index contributed by atoms with van der Waals surface area (Å²) in [5, 5.41) is 0. The van der Waals surface area contributed by atoms with Crippen LogP contribution >= 0.6 is 0 Å². The number of carbonyl (C=O) groups is 1. The van der Waals surface area contributed by atoms with Crippen molar-refractivity contribution < 1.29 is 9.53 Å². The Morgan fingerprint density at radius 3 is 2.78 bits per heavy atom. The van der Waals surface area contributed by atoms with E-state index in [1.165, 1.54) is 5.56 Å². The number of hydrogen-bond donors (Lipinski definition) is 0. The molecule has 0 saturated carbocycles. The molecule has 23 heavy (non-hydrogen) atoms. The molecule has 3 heterocycles. The summed E-state index contributed by atoms with van der Waals surface area (Å²) in [6.45, 7) is 7.40. The first-order valence-corrected chi connectivity index (χ1v) is 8.91. The van der Waals surface area contributed by atoms with Gasteiger partial charge < -0.3 is 9.64 Å². The molecule has 4 rings (SSSR count). The summed E-state index contributed by atoms with van der Waals surface area (Å²) in [4.78, 5) is 17.7. The van der Waals surface area contributed by atoms with Crippen molar-refractivity contribution in [2.45, 2.75) is 31.7 Å². The Morgan fingerprint density at radius 1 is 1.30 bits per heavy atom. The summed E-state index contributed by atoms with van der Waals surface area (Å²) in [5.41, 5.74) is 1.10. The molecule has 4 nitrogen and oxygen atoms in total. The number of carbonyl (C=O) groups excluding carboxylic acids is 1. The van der Waals surface area contributed by atoms with Crippen molar-refractivity contribution in [3.63, 3.8) is 0 Å². The van der Waals surface area contributed by atoms with Crippen LogP contribution in [0.3, 0.4) is 0 Å². The Bertz CT molecular complexity index is 570. The van der Waals surface area contributed by atoms with Crippen molar-refractivity contribution in [1.82, 2.24) is 9.80 Å². The van der Waals surface area contributed by atoms with Gasteiger partial charge in [0.15, 0.2) is 0 Å². The molecule has 0 bridgehead atoms. The van der Waals surface area contributed by atoms with Gasteiger partial charge in [-0.3, -0.25) is 9.69 Å². The number of nitrogens with zero attached hydrogens (tertiary/aromatic N) is 2. The summed E-state index contributed by atoms with van der Waals surface area (Å²) in [5.74, 6) is 0.684. The minimum Gasteiger partial charge on any atom is -0.380 e. The first-order chi connectivity index (χ1) is 11.2. The lowest BCUT2D eigenvalue weighted by Gasteiger charge is -2.29. The Labute approximate surface area is 138 Å². The maximum atomic E-state index is 13.2. The van der Waals surface area contributed by atoms with Gasteiger partial charge in [-0.1, -0.05) is 30.3 Å². The molecule has 3 fully saturated rings. The number of hydrogen-bond acceptors (Lipinski definition) is 3. The number of benzene rings is 1. The first kappa shape index (κ1) is 15.2. The van der Waals surface area contributed by atoms with Crippen LogP contribution in [0.1, 0.15) is 31.2 Å². The Hall–Kier alpha value is -1.39. The van der Waals surface area contributed by atoms with Gasteiger partial charge in [0.25, 0.3) is 0 Å². The summed E-state index contributed by atoms with van der Waals surface area (Å²) in [7, 11) is 0. The van der Waals surface area contributed by atoms with Gasteiger partial charge in [0, 0.05) is 44.7 Å². The summed E-state index contributed by atoms with van der Waals surface area (Å²) in [6.07, 6.45) is 2.09. The fourth-order valence-electron chi connectivity index (χ4n) is 4.77. The van der Waals surface area contributed by atoms with E-state index < -0.39 is 0 Å². The molecule has 3 aliphatic heterocycles. The molecule has 124 valence electrons. The topological polar surface area (TPSA) is 32.8 Å². The largest absolute Gasteiger partial charge is 0.380 e. The lowest BCUT2D eigenvalue weighted by atomic mass is 9.73. The van der Waals surface area contributed by atoms with E-state index in [1.807, 2.05) is 4.90 Å². The minimum absolute atomic E-state index is 0.222. The van der Waals surface area contributed by atoms with E-state index in [4.69, 9.17) is 4.74 Å². The Morgan fingerprint density at radius 2 is 2.13 bits per heavy atom. The molecule has 3 saturated heterocycles. The van der Waals surface area contributed by atoms with Crippen LogP contribution in [-0.2, 0) is 9.53 Å². The van der Waals surface area contributed by atoms with Crippen LogP contribution in [0.5, 0.6) is 0 Å². The quantitative estimate of drug-likeness (QED) is 0.857. The standard InChI is InChI=1S/C19H26N2O2/c1-2-20-10-9-19(18(20)22)14-21(16-8-11-23-13-16)12-17(19)15-6-4-3-5-7-15/h3-7,16-17H,2,8-14H2,1H3/t16?,17-,19+/m1/s1. The van der Waals surface area contributed by atoms with Gasteiger partial charge in [-0.2, -0.15) is 0 Å². The summed E-state index contributed by atoms with van der Waals surface area (Å²) >= 11 is 0. The monoisotopic (exact) mass is 314 g/mol. The zero-order valence-corrected chi connectivity index (χ0v) is 13.9. The molecule has 0 aromatic heterocycles. The van der Waals surface area contributed by atoms with Gasteiger partial charge in [0.2, 0.25) is 5.91 Å². The lowest BCUT2D eigenvalue weighted by molar-refractivity contribution is -0.136. The minimum atomic E-state index is -0.222. The maximum Gasteiger partial charge on any atom is 0.230 e. The van der Waals surface area contributed by atoms with Crippen LogP contribution in [0.25, 0.3) is 0 Å². The van der Waals surface area contributed by atoms with E-state index in [-0.39, 0.29) is 5.41 Å². The van der Waals surface area contributed by atoms with Crippen LogP contribution in [0.4, 0.5) is 0 Å². The predicted molar refractivity (Wildman–Crippen MR) is 89.3 cm³/mol. The highest BCUT2D eigenvalue weighted by Gasteiger charge is 2.57. The number of ether oxygens (including phenoxy) is 1. The van der Waals surface area contributed by atoms with Crippen molar-refractivity contribution in [3.05, 3.63) is 35.9 Å². The summed E-state index contributed by atoms with van der Waals surface area (Å²) < 4.78 is 5.59. The third kappa shape index (κ3) is 2.39. The second-order valence-electron chi connectivity index (χ2n) is 7.20. The Balaban J connectivity index is 1.67. The third-order valence-electron chi connectivity index (χ3n) is 6.12. The highest BCUT2D eigenvalue weighted by molar-refractivity contribution is 5.87. The molecule has 1 aromatic rings. The molecular weight excluding hydrogens is 288 g/mol. The molecule has 3 aliphatic rings. The van der Waals surface area contributed by atoms with Crippen LogP contribution in [0.15, 0.2) is 30.3 Å². The van der Waals surface area contributed by atoms with Crippen LogP contribution in [0, 0.1) is 5.41 Å². The smallest absolute Gasteiger partial charge is 0.230 e. The third-order valence-corrected chi connectivity index (χ3v) is 6.12. The molecule has 4 heteroatoms.